The lowest BCUT2D eigenvalue weighted by Gasteiger charge is -2.42. The van der Waals surface area contributed by atoms with Gasteiger partial charge in [-0.05, 0) is 6.42 Å². The maximum atomic E-state index is 12.2. The highest BCUT2D eigenvalue weighted by Crippen LogP contribution is 2.57. The number of H-pyrrole nitrogens is 1. The Kier molecular flexibility index (Phi) is 9.13. The number of nitrogens with two attached hydrogens (primary N) is 1. The predicted octanol–water partition coefficient (Wildman–Crippen LogP) is -5.50. The number of fused-ring (bicyclic) bond motifs is 1. The highest BCUT2D eigenvalue weighted by molar-refractivity contribution is 7.59. The monoisotopic (exact) mass is 617 g/mol. The molecule has 0 amide bonds. The molecule has 0 aliphatic carbocycles. The molecule has 0 saturated carbocycles. The van der Waals surface area contributed by atoms with E-state index < -0.39 is 89.7 Å². The van der Waals surface area contributed by atoms with Crippen LogP contribution in [0, 0.1) is 0 Å². The molecular formula is C17H25N5O16P2-2. The first kappa shape index (κ1) is 31.0. The molecule has 21 nitrogen and oxygen atoms in total. The van der Waals surface area contributed by atoms with E-state index in [4.69, 9.17) is 20.3 Å². The molecule has 0 bridgehead atoms. The van der Waals surface area contributed by atoms with Gasteiger partial charge < -0.3 is 60.2 Å². The number of aromatic nitrogens is 4. The number of anilines is 1. The van der Waals surface area contributed by atoms with Crippen molar-refractivity contribution in [1.82, 2.24) is 19.5 Å². The number of nitrogens with one attached hydrogen (secondary N) is 1. The van der Waals surface area contributed by atoms with Gasteiger partial charge in [-0.1, -0.05) is 0 Å². The molecule has 226 valence electrons. The van der Waals surface area contributed by atoms with Crippen molar-refractivity contribution in [3.63, 3.8) is 0 Å². The summed E-state index contributed by atoms with van der Waals surface area (Å²) in [6, 6.07) is 0. The Morgan fingerprint density at radius 2 is 1.70 bits per heavy atom. The Morgan fingerprint density at radius 3 is 2.38 bits per heavy atom. The van der Waals surface area contributed by atoms with Gasteiger partial charge in [-0.25, -0.2) is 9.29 Å². The summed E-state index contributed by atoms with van der Waals surface area (Å²) in [5.74, 6) is -0.290. The molecule has 2 aliphatic rings. The summed E-state index contributed by atoms with van der Waals surface area (Å²) in [6.07, 6.45) is -15.3. The molecule has 2 saturated heterocycles. The highest BCUT2D eigenvalue weighted by atomic mass is 31.3. The Balaban J connectivity index is 1.39. The molecule has 4 heterocycles. The van der Waals surface area contributed by atoms with Gasteiger partial charge in [0.15, 0.2) is 23.7 Å². The molecule has 9 N–H and O–H groups in total. The standard InChI is InChI=1S/C17H27N5O16P2/c18-17-20-13-7(14(29)21-17)19-4-22(13)15-11(27)9(25)6(35-15)3-34-39(30,31)38-40(32,33)37-16-12(28)10(26)8(24)5(36-16)1-2-23/h4-6,8-12,15-16,23-28H,1-3H2,(H,30,31)(H,32,33)(H3,18,20,21,29)/p-2/t5-,6-,8-,9-,10-,11-,12+,15-,16-/m1/s1. The van der Waals surface area contributed by atoms with Gasteiger partial charge in [0.2, 0.25) is 5.95 Å². The van der Waals surface area contributed by atoms with Crippen molar-refractivity contribution in [2.75, 3.05) is 18.9 Å². The fourth-order valence-corrected chi connectivity index (χ4v) is 6.13. The van der Waals surface area contributed by atoms with E-state index in [1.165, 1.54) is 0 Å². The van der Waals surface area contributed by atoms with Gasteiger partial charge in [0.1, 0.15) is 36.6 Å². The van der Waals surface area contributed by atoms with Crippen molar-refractivity contribution in [2.45, 2.75) is 61.7 Å². The fourth-order valence-electron chi connectivity index (χ4n) is 4.05. The van der Waals surface area contributed by atoms with Crippen LogP contribution in [0.15, 0.2) is 11.1 Å². The molecule has 0 aromatic carbocycles. The first-order valence-corrected chi connectivity index (χ1v) is 14.3. The Bertz CT molecular complexity index is 1360. The summed E-state index contributed by atoms with van der Waals surface area (Å²) in [6.45, 7) is -1.64. The molecule has 0 spiro atoms. The first-order valence-electron chi connectivity index (χ1n) is 11.3. The number of ether oxygens (including phenoxy) is 2. The van der Waals surface area contributed by atoms with Crippen LogP contribution in [0.25, 0.3) is 11.2 Å². The molecule has 2 aromatic rings. The van der Waals surface area contributed by atoms with Gasteiger partial charge in [0, 0.05) is 6.61 Å². The van der Waals surface area contributed by atoms with Crippen molar-refractivity contribution < 1.29 is 72.4 Å². The van der Waals surface area contributed by atoms with Gasteiger partial charge in [0.25, 0.3) is 21.2 Å². The van der Waals surface area contributed by atoms with Crippen LogP contribution in [-0.4, -0.2) is 112 Å². The summed E-state index contributed by atoms with van der Waals surface area (Å²) in [4.78, 5) is 46.3. The van der Waals surface area contributed by atoms with E-state index in [0.717, 1.165) is 10.9 Å². The predicted molar refractivity (Wildman–Crippen MR) is 120 cm³/mol. The maximum absolute atomic E-state index is 12.2. The van der Waals surface area contributed by atoms with E-state index in [1.54, 1.807) is 0 Å². The number of nitrogens with zero attached hydrogens (tertiary/aromatic N) is 3. The summed E-state index contributed by atoms with van der Waals surface area (Å²) in [5, 5.41) is 59.4. The lowest BCUT2D eigenvalue weighted by atomic mass is 9.97. The Labute approximate surface area is 222 Å². The first-order chi connectivity index (χ1) is 18.6. The molecule has 0 radical (unpaired) electrons. The van der Waals surface area contributed by atoms with Gasteiger partial charge in [-0.2, -0.15) is 4.98 Å². The second kappa shape index (κ2) is 11.8. The van der Waals surface area contributed by atoms with Crippen LogP contribution in [0.3, 0.4) is 0 Å². The van der Waals surface area contributed by atoms with E-state index >= 15 is 0 Å². The third kappa shape index (κ3) is 6.44. The minimum atomic E-state index is -5.90. The summed E-state index contributed by atoms with van der Waals surface area (Å²) in [5.41, 5.74) is 4.49. The van der Waals surface area contributed by atoms with Crippen molar-refractivity contribution >= 4 is 32.8 Å². The van der Waals surface area contributed by atoms with Gasteiger partial charge in [-0.15, -0.1) is 0 Å². The van der Waals surface area contributed by atoms with E-state index in [2.05, 4.69) is 28.3 Å². The maximum Gasteiger partial charge on any atom is 0.280 e. The van der Waals surface area contributed by atoms with Crippen LogP contribution in [0.4, 0.5) is 5.95 Å². The number of rotatable bonds is 10. The molecule has 23 heteroatoms. The lowest BCUT2D eigenvalue weighted by molar-refractivity contribution is -0.303. The summed E-state index contributed by atoms with van der Waals surface area (Å²) >= 11 is 0. The quantitative estimate of drug-likeness (QED) is 0.115. The second-order valence-electron chi connectivity index (χ2n) is 8.73. The molecule has 2 unspecified atom stereocenters. The number of phosphoric ester groups is 2. The van der Waals surface area contributed by atoms with Gasteiger partial charge in [-0.3, -0.25) is 28.0 Å². The number of hydrogen-bond donors (Lipinski definition) is 8. The number of aliphatic hydroxyl groups is 6. The van der Waals surface area contributed by atoms with Crippen molar-refractivity contribution in [1.29, 1.82) is 0 Å². The number of aliphatic hydroxyl groups excluding tert-OH is 6. The summed E-state index contributed by atoms with van der Waals surface area (Å²) < 4.78 is 48.6. The van der Waals surface area contributed by atoms with Crippen LogP contribution < -0.4 is 21.1 Å². The molecular weight excluding hydrogens is 592 g/mol. The number of aromatic amines is 1. The van der Waals surface area contributed by atoms with Crippen molar-refractivity contribution in [3.8, 4) is 0 Å². The second-order valence-corrected chi connectivity index (χ2v) is 11.6. The number of hydrogen-bond acceptors (Lipinski definition) is 19. The van der Waals surface area contributed by atoms with E-state index in [1.807, 2.05) is 0 Å². The third-order valence-electron chi connectivity index (χ3n) is 5.97. The average Bonchev–Trinajstić information content (AvgIpc) is 3.39. The zero-order chi connectivity index (χ0) is 29.6. The van der Waals surface area contributed by atoms with Crippen LogP contribution in [0.5, 0.6) is 0 Å². The van der Waals surface area contributed by atoms with Crippen LogP contribution >= 0.6 is 15.6 Å². The van der Waals surface area contributed by atoms with E-state index in [-0.39, 0.29) is 23.5 Å². The zero-order valence-corrected chi connectivity index (χ0v) is 21.8. The highest BCUT2D eigenvalue weighted by Gasteiger charge is 2.47. The molecule has 40 heavy (non-hydrogen) atoms. The van der Waals surface area contributed by atoms with Crippen LogP contribution in [0.1, 0.15) is 12.6 Å². The SMILES string of the molecule is Nc1nc2c(ncn2[C@@H]2O[C@H](COP(=O)([O-])OP(=O)([O-])O[C@H]3O[C@H](CCO)[C@@H](O)[C@@H](O)[C@@H]3O)[C@@H](O)[C@H]2O)c(=O)[nH]1. The minimum absolute atomic E-state index is 0.132. The fraction of sp³-hybridized carbons (Fsp3) is 0.706. The van der Waals surface area contributed by atoms with Crippen LogP contribution in [0.2, 0.25) is 0 Å². The van der Waals surface area contributed by atoms with E-state index in [9.17, 15) is 49.2 Å². The normalized spacial score (nSPS) is 36.0. The number of nitrogen functional groups attached to an aromatic ring is 1. The Hall–Kier alpha value is -1.91. The average molecular weight is 617 g/mol. The molecule has 11 atom stereocenters. The van der Waals surface area contributed by atoms with Gasteiger partial charge >= 0.3 is 0 Å². The lowest BCUT2D eigenvalue weighted by Crippen LogP contribution is -2.58. The molecule has 2 aliphatic heterocycles. The van der Waals surface area contributed by atoms with Gasteiger partial charge in [0.05, 0.1) is 19.0 Å². The Morgan fingerprint density at radius 1 is 1.02 bits per heavy atom. The number of imidazole rings is 1. The zero-order valence-electron chi connectivity index (χ0n) is 20.0. The smallest absolute Gasteiger partial charge is 0.280 e. The molecule has 2 aromatic heterocycles. The summed E-state index contributed by atoms with van der Waals surface area (Å²) in [7, 11) is -11.7. The molecule has 4 rings (SSSR count). The topological polar surface area (TPSA) is 337 Å². The van der Waals surface area contributed by atoms with Crippen molar-refractivity contribution in [2.24, 2.45) is 0 Å². The van der Waals surface area contributed by atoms with Crippen molar-refractivity contribution in [3.05, 3.63) is 16.7 Å². The molecule has 2 fully saturated rings. The minimum Gasteiger partial charge on any atom is -0.756 e. The van der Waals surface area contributed by atoms with Crippen LogP contribution in [-0.2, 0) is 32.0 Å². The third-order valence-corrected chi connectivity index (χ3v) is 8.51. The largest absolute Gasteiger partial charge is 0.756 e. The number of phosphoric acid groups is 2. The van der Waals surface area contributed by atoms with E-state index in [0.29, 0.717) is 0 Å².